The Morgan fingerprint density at radius 1 is 1.33 bits per heavy atom. The maximum absolute atomic E-state index is 3.19. The zero-order valence-corrected chi connectivity index (χ0v) is 6.96. The van der Waals surface area contributed by atoms with E-state index >= 15 is 0 Å². The topological polar surface area (TPSA) is 12.0 Å². The van der Waals surface area contributed by atoms with Crippen molar-refractivity contribution < 1.29 is 25.0 Å². The van der Waals surface area contributed by atoms with Gasteiger partial charge in [-0.3, -0.25) is 0 Å². The van der Waals surface area contributed by atoms with Gasteiger partial charge >= 0.3 is 54.6 Å². The van der Waals surface area contributed by atoms with Crippen molar-refractivity contribution in [2.24, 2.45) is 0 Å². The van der Waals surface area contributed by atoms with Gasteiger partial charge in [-0.1, -0.05) is 0 Å². The maximum atomic E-state index is 3.19. The van der Waals surface area contributed by atoms with Crippen LogP contribution in [0.3, 0.4) is 0 Å². The molecule has 2 heteroatoms. The van der Waals surface area contributed by atoms with Crippen LogP contribution >= 0.6 is 0 Å². The minimum absolute atomic E-state index is 0.332. The van der Waals surface area contributed by atoms with Gasteiger partial charge in [-0.15, -0.1) is 0 Å². The Morgan fingerprint density at radius 3 is 1.50 bits per heavy atom. The van der Waals surface area contributed by atoms with E-state index in [0.717, 1.165) is 0 Å². The molecule has 0 bridgehead atoms. The molecule has 0 amide bonds. The molecule has 6 heavy (non-hydrogen) atoms. The van der Waals surface area contributed by atoms with Crippen LogP contribution in [0.15, 0.2) is 0 Å². The van der Waals surface area contributed by atoms with Crippen molar-refractivity contribution >= 4 is 0 Å². The minimum atomic E-state index is 0.332. The fourth-order valence-electron chi connectivity index (χ4n) is 0. The van der Waals surface area contributed by atoms with Crippen molar-refractivity contribution in [2.75, 3.05) is 0 Å². The van der Waals surface area contributed by atoms with Crippen LogP contribution in [0.2, 0.25) is 0 Å². The van der Waals surface area contributed by atoms with Crippen LogP contribution < -0.4 is 3.26 Å². The molecular weight excluding hydrogens is 153 g/mol. The van der Waals surface area contributed by atoms with Crippen LogP contribution in [-0.4, -0.2) is 5.54 Å². The van der Waals surface area contributed by atoms with Crippen LogP contribution in [0.1, 0.15) is 20.8 Å². The fourth-order valence-corrected chi connectivity index (χ4v) is 0. The van der Waals surface area contributed by atoms with Gasteiger partial charge < -0.3 is 0 Å². The summed E-state index contributed by atoms with van der Waals surface area (Å²) in [7, 11) is 0. The average molecular weight is 163 g/mol. The first-order chi connectivity index (χ1) is 2.56. The molecule has 0 aliphatic carbocycles. The van der Waals surface area contributed by atoms with Gasteiger partial charge in [0.15, 0.2) is 0 Å². The van der Waals surface area contributed by atoms with Gasteiger partial charge in [0.25, 0.3) is 0 Å². The molecule has 0 saturated heterocycles. The van der Waals surface area contributed by atoms with Gasteiger partial charge in [0.05, 0.1) is 0 Å². The van der Waals surface area contributed by atoms with Crippen molar-refractivity contribution in [1.82, 2.24) is 3.26 Å². The third kappa shape index (κ3) is 4.84. The van der Waals surface area contributed by atoms with E-state index in [4.69, 9.17) is 0 Å². The number of rotatable bonds is 0. The molecule has 0 radical (unpaired) electrons. The summed E-state index contributed by atoms with van der Waals surface area (Å²) in [5.41, 5.74) is 0.332. The van der Waals surface area contributed by atoms with Crippen LogP contribution in [0.5, 0.6) is 0 Å². The summed E-state index contributed by atoms with van der Waals surface area (Å²) in [5.74, 6) is 0. The molecular formula is C4H10NZr. The second-order valence-corrected chi connectivity index (χ2v) is 2.99. The van der Waals surface area contributed by atoms with Crippen molar-refractivity contribution in [3.05, 3.63) is 0 Å². The standard InChI is InChI=1S/C4H10N.Zr/c1-4(2,3)5;/h5H,1-3H3;/q-1;+1. The van der Waals surface area contributed by atoms with Gasteiger partial charge in [0, 0.05) is 0 Å². The van der Waals surface area contributed by atoms with Gasteiger partial charge in [-0.2, -0.15) is 0 Å². The molecule has 1 N–H and O–H groups in total. The molecule has 0 aromatic rings. The molecule has 0 heterocycles. The third-order valence-electron chi connectivity index (χ3n) is 0.375. The Hall–Kier alpha value is 0.843. The zero-order valence-electron chi connectivity index (χ0n) is 4.50. The first kappa shape index (κ1) is 6.84. The SMILES string of the molecule is CC(C)(C)[NH][Zr]. The van der Waals surface area contributed by atoms with Crippen LogP contribution in [-0.2, 0) is 25.0 Å². The van der Waals surface area contributed by atoms with Gasteiger partial charge in [-0.05, 0) is 0 Å². The van der Waals surface area contributed by atoms with Crippen LogP contribution in [0.4, 0.5) is 0 Å². The normalized spacial score (nSPS) is 11.7. The number of nitrogens with one attached hydrogen (secondary N) is 1. The quantitative estimate of drug-likeness (QED) is 0.558. The van der Waals surface area contributed by atoms with E-state index in [1.54, 1.807) is 0 Å². The molecule has 0 fully saturated rings. The molecule has 0 aromatic heterocycles. The van der Waals surface area contributed by atoms with E-state index in [9.17, 15) is 0 Å². The molecule has 0 saturated carbocycles. The Bertz CT molecular complexity index is 37.3. The van der Waals surface area contributed by atoms with Gasteiger partial charge in [0.1, 0.15) is 0 Å². The van der Waals surface area contributed by atoms with E-state index in [0.29, 0.717) is 5.54 Å². The van der Waals surface area contributed by atoms with E-state index in [2.05, 4.69) is 24.0 Å². The second-order valence-electron chi connectivity index (χ2n) is 2.38. The molecule has 0 atom stereocenters. The number of hydrogen-bond acceptors (Lipinski definition) is 1. The molecule has 0 aliphatic rings. The fraction of sp³-hybridized carbons (Fsp3) is 1.00. The van der Waals surface area contributed by atoms with E-state index in [1.807, 2.05) is 0 Å². The predicted molar refractivity (Wildman–Crippen MR) is 22.9 cm³/mol. The molecule has 0 unspecified atom stereocenters. The number of hydrogen-bond donors (Lipinski definition) is 1. The molecule has 0 aliphatic heterocycles. The van der Waals surface area contributed by atoms with E-state index in [1.165, 1.54) is 25.0 Å². The Labute approximate surface area is 54.8 Å². The van der Waals surface area contributed by atoms with Crippen molar-refractivity contribution in [1.29, 1.82) is 0 Å². The van der Waals surface area contributed by atoms with E-state index < -0.39 is 0 Å². The van der Waals surface area contributed by atoms with Gasteiger partial charge in [0.2, 0.25) is 0 Å². The Balaban J connectivity index is 3.17. The Kier molecular flexibility index (Phi) is 2.54. The summed E-state index contributed by atoms with van der Waals surface area (Å²) in [6.45, 7) is 6.46. The third-order valence-corrected chi connectivity index (χ3v) is 2.22. The van der Waals surface area contributed by atoms with Crippen LogP contribution in [0.25, 0.3) is 0 Å². The summed E-state index contributed by atoms with van der Waals surface area (Å²) >= 11 is 1.40. The van der Waals surface area contributed by atoms with Gasteiger partial charge in [-0.25, -0.2) is 0 Å². The Morgan fingerprint density at radius 2 is 1.50 bits per heavy atom. The summed E-state index contributed by atoms with van der Waals surface area (Å²) in [6, 6.07) is 0. The monoisotopic (exact) mass is 162 g/mol. The summed E-state index contributed by atoms with van der Waals surface area (Å²) in [4.78, 5) is 0. The van der Waals surface area contributed by atoms with Crippen LogP contribution in [0, 0.1) is 0 Å². The van der Waals surface area contributed by atoms with E-state index in [-0.39, 0.29) is 0 Å². The molecule has 0 rings (SSSR count). The second kappa shape index (κ2) is 2.23. The first-order valence-electron chi connectivity index (χ1n) is 2.00. The summed E-state index contributed by atoms with van der Waals surface area (Å²) < 4.78 is 3.19. The van der Waals surface area contributed by atoms with Crippen molar-refractivity contribution in [3.63, 3.8) is 0 Å². The van der Waals surface area contributed by atoms with Crippen molar-refractivity contribution in [3.8, 4) is 0 Å². The summed E-state index contributed by atoms with van der Waals surface area (Å²) in [6.07, 6.45) is 0. The zero-order chi connectivity index (χ0) is 5.21. The molecule has 35 valence electrons. The molecule has 1 nitrogen and oxygen atoms in total. The molecule has 0 aromatic carbocycles. The van der Waals surface area contributed by atoms with Crippen molar-refractivity contribution in [2.45, 2.75) is 26.3 Å². The molecule has 0 spiro atoms. The summed E-state index contributed by atoms with van der Waals surface area (Å²) in [5, 5.41) is 0. The first-order valence-corrected chi connectivity index (χ1v) is 3.23. The average Bonchev–Trinajstić information content (AvgIpc) is 1.35. The predicted octanol–water partition coefficient (Wildman–Crippen LogP) is 0.836.